The lowest BCUT2D eigenvalue weighted by atomic mass is 10.2. The molecule has 1 N–H and O–H groups in total. The molecule has 0 unspecified atom stereocenters. The van der Waals surface area contributed by atoms with E-state index in [0.717, 1.165) is 30.8 Å². The first-order chi connectivity index (χ1) is 8.79. The van der Waals surface area contributed by atoms with Gasteiger partial charge < -0.3 is 9.88 Å². The van der Waals surface area contributed by atoms with Crippen molar-refractivity contribution in [2.45, 2.75) is 33.0 Å². The number of aromatic nitrogens is 2. The second kappa shape index (κ2) is 6.31. The fraction of sp³-hybridized carbons (Fsp3) is 0.357. The van der Waals surface area contributed by atoms with Gasteiger partial charge in [-0.2, -0.15) is 0 Å². The molecule has 0 aliphatic rings. The topological polar surface area (TPSA) is 29.9 Å². The van der Waals surface area contributed by atoms with Crippen LogP contribution in [-0.4, -0.2) is 9.55 Å². The van der Waals surface area contributed by atoms with Crippen molar-refractivity contribution in [3.63, 3.8) is 0 Å². The third-order valence-electron chi connectivity index (χ3n) is 2.79. The lowest BCUT2D eigenvalue weighted by Crippen LogP contribution is -2.15. The molecule has 0 saturated carbocycles. The average molecular weight is 247 g/mol. The van der Waals surface area contributed by atoms with Crippen molar-refractivity contribution in [3.8, 4) is 0 Å². The van der Waals surface area contributed by atoms with Crippen molar-refractivity contribution in [1.29, 1.82) is 0 Å². The largest absolute Gasteiger partial charge is 0.333 e. The first-order valence-corrected chi connectivity index (χ1v) is 6.23. The van der Waals surface area contributed by atoms with Crippen LogP contribution in [0, 0.1) is 5.82 Å². The van der Waals surface area contributed by atoms with Crippen LogP contribution in [0.4, 0.5) is 4.39 Å². The Labute approximate surface area is 107 Å². The van der Waals surface area contributed by atoms with Gasteiger partial charge in [0.25, 0.3) is 0 Å². The molecule has 1 aromatic carbocycles. The van der Waals surface area contributed by atoms with Crippen molar-refractivity contribution in [2.24, 2.45) is 0 Å². The van der Waals surface area contributed by atoms with Gasteiger partial charge in [0, 0.05) is 25.8 Å². The van der Waals surface area contributed by atoms with Gasteiger partial charge >= 0.3 is 0 Å². The Bertz CT molecular complexity index is 493. The van der Waals surface area contributed by atoms with Crippen LogP contribution in [-0.2, 0) is 19.6 Å². The number of rotatable bonds is 6. The Morgan fingerprint density at radius 2 is 2.22 bits per heavy atom. The van der Waals surface area contributed by atoms with E-state index in [1.165, 1.54) is 6.07 Å². The van der Waals surface area contributed by atoms with Crippen LogP contribution in [0.15, 0.2) is 36.8 Å². The molecule has 2 aromatic rings. The lowest BCUT2D eigenvalue weighted by Gasteiger charge is -2.08. The number of nitrogens with one attached hydrogen (secondary N) is 1. The minimum atomic E-state index is -0.190. The third kappa shape index (κ3) is 3.40. The molecule has 0 amide bonds. The summed E-state index contributed by atoms with van der Waals surface area (Å²) in [5, 5.41) is 3.30. The van der Waals surface area contributed by atoms with Gasteiger partial charge in [-0.3, -0.25) is 0 Å². The minimum Gasteiger partial charge on any atom is -0.333 e. The van der Waals surface area contributed by atoms with Gasteiger partial charge in [0.2, 0.25) is 0 Å². The molecule has 1 aromatic heterocycles. The van der Waals surface area contributed by atoms with Crippen LogP contribution in [0.1, 0.15) is 24.6 Å². The quantitative estimate of drug-likeness (QED) is 0.850. The fourth-order valence-electron chi connectivity index (χ4n) is 1.92. The van der Waals surface area contributed by atoms with E-state index in [1.54, 1.807) is 12.1 Å². The van der Waals surface area contributed by atoms with Gasteiger partial charge in [-0.1, -0.05) is 19.1 Å². The van der Waals surface area contributed by atoms with Crippen molar-refractivity contribution in [3.05, 3.63) is 53.9 Å². The molecule has 2 rings (SSSR count). The highest BCUT2D eigenvalue weighted by Gasteiger charge is 2.01. The first-order valence-electron chi connectivity index (χ1n) is 6.23. The Hall–Kier alpha value is -1.68. The summed E-state index contributed by atoms with van der Waals surface area (Å²) in [4.78, 5) is 4.14. The zero-order valence-corrected chi connectivity index (χ0v) is 10.6. The van der Waals surface area contributed by atoms with Crippen molar-refractivity contribution < 1.29 is 4.39 Å². The number of benzene rings is 1. The maximum Gasteiger partial charge on any atom is 0.123 e. The van der Waals surface area contributed by atoms with E-state index in [4.69, 9.17) is 0 Å². The smallest absolute Gasteiger partial charge is 0.123 e. The molecule has 96 valence electrons. The minimum absolute atomic E-state index is 0.190. The van der Waals surface area contributed by atoms with Crippen LogP contribution in [0.5, 0.6) is 0 Å². The van der Waals surface area contributed by atoms with Crippen LogP contribution in [0.25, 0.3) is 0 Å². The van der Waals surface area contributed by atoms with Crippen LogP contribution in [0.2, 0.25) is 0 Å². The molecule has 0 aliphatic heterocycles. The predicted octanol–water partition coefficient (Wildman–Crippen LogP) is 2.72. The van der Waals surface area contributed by atoms with Gasteiger partial charge in [0.1, 0.15) is 5.82 Å². The van der Waals surface area contributed by atoms with Gasteiger partial charge in [-0.25, -0.2) is 9.37 Å². The Kier molecular flexibility index (Phi) is 4.47. The molecular formula is C14H18FN3. The summed E-state index contributed by atoms with van der Waals surface area (Å²) in [6.07, 6.45) is 4.81. The lowest BCUT2D eigenvalue weighted by molar-refractivity contribution is 0.595. The van der Waals surface area contributed by atoms with E-state index >= 15 is 0 Å². The molecule has 0 atom stereocenters. The van der Waals surface area contributed by atoms with Gasteiger partial charge in [0.15, 0.2) is 0 Å². The van der Waals surface area contributed by atoms with E-state index in [9.17, 15) is 4.39 Å². The van der Waals surface area contributed by atoms with Crippen molar-refractivity contribution >= 4 is 0 Å². The predicted molar refractivity (Wildman–Crippen MR) is 69.5 cm³/mol. The molecule has 0 bridgehead atoms. The normalized spacial score (nSPS) is 10.8. The molecule has 0 spiro atoms. The van der Waals surface area contributed by atoms with E-state index in [1.807, 2.05) is 18.6 Å². The van der Waals surface area contributed by atoms with E-state index in [0.29, 0.717) is 6.54 Å². The molecule has 0 fully saturated rings. The molecule has 4 heteroatoms. The highest BCUT2D eigenvalue weighted by molar-refractivity contribution is 5.16. The zero-order chi connectivity index (χ0) is 12.8. The van der Waals surface area contributed by atoms with E-state index in [2.05, 4.69) is 21.8 Å². The number of imidazole rings is 1. The summed E-state index contributed by atoms with van der Waals surface area (Å²) < 4.78 is 15.1. The number of nitrogens with zero attached hydrogens (tertiary/aromatic N) is 2. The molecule has 0 aliphatic carbocycles. The second-order valence-electron chi connectivity index (χ2n) is 4.31. The van der Waals surface area contributed by atoms with Crippen molar-refractivity contribution in [2.75, 3.05) is 0 Å². The monoisotopic (exact) mass is 247 g/mol. The Balaban J connectivity index is 1.86. The summed E-state index contributed by atoms with van der Waals surface area (Å²) in [7, 11) is 0. The summed E-state index contributed by atoms with van der Waals surface area (Å²) in [5.41, 5.74) is 2.12. The number of halogens is 1. The highest BCUT2D eigenvalue weighted by atomic mass is 19.1. The molecule has 0 radical (unpaired) electrons. The van der Waals surface area contributed by atoms with Gasteiger partial charge in [-0.05, 0) is 24.1 Å². The van der Waals surface area contributed by atoms with Crippen LogP contribution >= 0.6 is 0 Å². The number of hydrogen-bond acceptors (Lipinski definition) is 2. The summed E-state index contributed by atoms with van der Waals surface area (Å²) in [6, 6.07) is 6.66. The zero-order valence-electron chi connectivity index (χ0n) is 10.6. The SMILES string of the molecule is CCCn1cncc1CNCc1cccc(F)c1. The van der Waals surface area contributed by atoms with E-state index < -0.39 is 0 Å². The van der Waals surface area contributed by atoms with Gasteiger partial charge in [0.05, 0.1) is 12.0 Å². The summed E-state index contributed by atoms with van der Waals surface area (Å²) in [6.45, 7) is 4.53. The third-order valence-corrected chi connectivity index (χ3v) is 2.79. The number of hydrogen-bond donors (Lipinski definition) is 1. The molecule has 1 heterocycles. The summed E-state index contributed by atoms with van der Waals surface area (Å²) in [5.74, 6) is -0.190. The Morgan fingerprint density at radius 3 is 3.00 bits per heavy atom. The van der Waals surface area contributed by atoms with Crippen LogP contribution < -0.4 is 5.32 Å². The molecule has 3 nitrogen and oxygen atoms in total. The summed E-state index contributed by atoms with van der Waals surface area (Å²) >= 11 is 0. The van der Waals surface area contributed by atoms with Crippen molar-refractivity contribution in [1.82, 2.24) is 14.9 Å². The molecular weight excluding hydrogens is 229 g/mol. The second-order valence-corrected chi connectivity index (χ2v) is 4.31. The maximum absolute atomic E-state index is 13.0. The average Bonchev–Trinajstić information content (AvgIpc) is 2.78. The molecule has 18 heavy (non-hydrogen) atoms. The Morgan fingerprint density at radius 1 is 1.33 bits per heavy atom. The first kappa shape index (κ1) is 12.8. The van der Waals surface area contributed by atoms with Crippen LogP contribution in [0.3, 0.4) is 0 Å². The number of aryl methyl sites for hydroxylation is 1. The standard InChI is InChI=1S/C14H18FN3/c1-2-6-18-11-17-10-14(18)9-16-8-12-4-3-5-13(15)7-12/h3-5,7,10-11,16H,2,6,8-9H2,1H3. The fourth-order valence-corrected chi connectivity index (χ4v) is 1.92. The maximum atomic E-state index is 13.0. The molecule has 0 saturated heterocycles. The van der Waals surface area contributed by atoms with E-state index in [-0.39, 0.29) is 5.82 Å². The van der Waals surface area contributed by atoms with Gasteiger partial charge in [-0.15, -0.1) is 0 Å². The highest BCUT2D eigenvalue weighted by Crippen LogP contribution is 2.04.